The molecule has 0 N–H and O–H groups in total. The molecule has 1 atom stereocenters. The lowest BCUT2D eigenvalue weighted by Crippen LogP contribution is -2.01. The third-order valence-corrected chi connectivity index (χ3v) is 2.06. The van der Waals surface area contributed by atoms with Gasteiger partial charge >= 0.3 is 5.97 Å². The van der Waals surface area contributed by atoms with Gasteiger partial charge in [0.1, 0.15) is 5.38 Å². The van der Waals surface area contributed by atoms with Gasteiger partial charge in [-0.15, -0.1) is 11.6 Å². The maximum atomic E-state index is 11.1. The van der Waals surface area contributed by atoms with Crippen molar-refractivity contribution in [3.8, 4) is 6.07 Å². The van der Waals surface area contributed by atoms with Crippen LogP contribution in [0, 0.1) is 11.3 Å². The SMILES string of the molecule is COC(=O)c1cccc(C(Cl)C#N)c1. The highest BCUT2D eigenvalue weighted by molar-refractivity contribution is 6.22. The number of carbonyl (C=O) groups excluding carboxylic acids is 1. The Balaban J connectivity index is 3.02. The van der Waals surface area contributed by atoms with Crippen molar-refractivity contribution in [1.82, 2.24) is 0 Å². The summed E-state index contributed by atoms with van der Waals surface area (Å²) in [5, 5.41) is 7.84. The van der Waals surface area contributed by atoms with E-state index < -0.39 is 11.3 Å². The lowest BCUT2D eigenvalue weighted by atomic mass is 10.1. The fraction of sp³-hybridized carbons (Fsp3) is 0.200. The quantitative estimate of drug-likeness (QED) is 0.555. The molecule has 0 aliphatic carbocycles. The fourth-order valence-electron chi connectivity index (χ4n) is 1.02. The number of ether oxygens (including phenoxy) is 1. The minimum absolute atomic E-state index is 0.394. The molecule has 0 radical (unpaired) electrons. The standard InChI is InChI=1S/C10H8ClNO2/c1-14-10(13)8-4-2-3-7(5-8)9(11)6-12/h2-5,9H,1H3. The number of carbonyl (C=O) groups is 1. The average molecular weight is 210 g/mol. The van der Waals surface area contributed by atoms with E-state index in [0.717, 1.165) is 0 Å². The first-order chi connectivity index (χ1) is 6.69. The van der Waals surface area contributed by atoms with E-state index in [2.05, 4.69) is 4.74 Å². The molecule has 1 aromatic carbocycles. The molecule has 0 bridgehead atoms. The summed E-state index contributed by atoms with van der Waals surface area (Å²) in [6, 6.07) is 8.38. The summed E-state index contributed by atoms with van der Waals surface area (Å²) in [4.78, 5) is 11.1. The number of nitrogens with zero attached hydrogens (tertiary/aromatic N) is 1. The number of hydrogen-bond acceptors (Lipinski definition) is 3. The molecule has 0 spiro atoms. The Morgan fingerprint density at radius 2 is 2.36 bits per heavy atom. The highest BCUT2D eigenvalue weighted by Gasteiger charge is 2.10. The van der Waals surface area contributed by atoms with Crippen LogP contribution < -0.4 is 0 Å². The number of rotatable bonds is 2. The normalized spacial score (nSPS) is 11.5. The Kier molecular flexibility index (Phi) is 3.49. The van der Waals surface area contributed by atoms with E-state index in [9.17, 15) is 4.79 Å². The van der Waals surface area contributed by atoms with Gasteiger partial charge in [-0.1, -0.05) is 12.1 Å². The van der Waals surface area contributed by atoms with Gasteiger partial charge in [-0.25, -0.2) is 4.79 Å². The monoisotopic (exact) mass is 209 g/mol. The Labute approximate surface area is 86.9 Å². The van der Waals surface area contributed by atoms with Crippen molar-refractivity contribution in [3.05, 3.63) is 35.4 Å². The first-order valence-electron chi connectivity index (χ1n) is 3.91. The molecule has 0 saturated carbocycles. The van der Waals surface area contributed by atoms with Crippen LogP contribution in [0.25, 0.3) is 0 Å². The Hall–Kier alpha value is -1.53. The minimum atomic E-state index is -0.736. The van der Waals surface area contributed by atoms with Gasteiger partial charge in [0.2, 0.25) is 0 Å². The summed E-state index contributed by atoms with van der Waals surface area (Å²) in [5.74, 6) is -0.436. The molecule has 14 heavy (non-hydrogen) atoms. The molecular weight excluding hydrogens is 202 g/mol. The van der Waals surface area contributed by atoms with E-state index in [1.807, 2.05) is 6.07 Å². The van der Waals surface area contributed by atoms with Gasteiger partial charge in [-0.2, -0.15) is 5.26 Å². The van der Waals surface area contributed by atoms with Gasteiger partial charge in [-0.05, 0) is 17.7 Å². The number of hydrogen-bond donors (Lipinski definition) is 0. The lowest BCUT2D eigenvalue weighted by Gasteiger charge is -2.03. The maximum absolute atomic E-state index is 11.1. The fourth-order valence-corrected chi connectivity index (χ4v) is 1.15. The average Bonchev–Trinajstić information content (AvgIpc) is 2.27. The van der Waals surface area contributed by atoms with Crippen LogP contribution in [-0.2, 0) is 4.74 Å². The second-order valence-electron chi connectivity index (χ2n) is 2.61. The molecule has 1 unspecified atom stereocenters. The van der Waals surface area contributed by atoms with Crippen molar-refractivity contribution in [2.24, 2.45) is 0 Å². The number of benzene rings is 1. The summed E-state index contributed by atoms with van der Waals surface area (Å²) in [7, 11) is 1.30. The van der Waals surface area contributed by atoms with Gasteiger partial charge in [0.25, 0.3) is 0 Å². The van der Waals surface area contributed by atoms with E-state index >= 15 is 0 Å². The zero-order chi connectivity index (χ0) is 10.6. The number of halogens is 1. The predicted octanol–water partition coefficient (Wildman–Crippen LogP) is 2.28. The summed E-state index contributed by atoms with van der Waals surface area (Å²) in [6.45, 7) is 0. The molecule has 0 heterocycles. The first-order valence-corrected chi connectivity index (χ1v) is 4.34. The molecule has 3 nitrogen and oxygen atoms in total. The van der Waals surface area contributed by atoms with Crippen LogP contribution in [0.4, 0.5) is 0 Å². The number of esters is 1. The van der Waals surface area contributed by atoms with Crippen molar-refractivity contribution in [2.75, 3.05) is 7.11 Å². The second kappa shape index (κ2) is 4.64. The zero-order valence-electron chi connectivity index (χ0n) is 7.53. The van der Waals surface area contributed by atoms with Crippen molar-refractivity contribution in [1.29, 1.82) is 5.26 Å². The molecule has 4 heteroatoms. The van der Waals surface area contributed by atoms with Gasteiger partial charge < -0.3 is 4.74 Å². The van der Waals surface area contributed by atoms with Crippen LogP contribution >= 0.6 is 11.6 Å². The summed E-state index contributed by atoms with van der Waals surface area (Å²) in [6.07, 6.45) is 0. The highest BCUT2D eigenvalue weighted by Crippen LogP contribution is 2.20. The Morgan fingerprint density at radius 3 is 2.93 bits per heavy atom. The van der Waals surface area contributed by atoms with E-state index in [1.165, 1.54) is 7.11 Å². The number of alkyl halides is 1. The molecule has 1 rings (SSSR count). The van der Waals surface area contributed by atoms with Crippen LogP contribution in [0.1, 0.15) is 21.3 Å². The molecule has 72 valence electrons. The molecule has 1 aromatic rings. The molecule has 0 aromatic heterocycles. The Morgan fingerprint density at radius 1 is 1.64 bits per heavy atom. The van der Waals surface area contributed by atoms with Crippen LogP contribution in [0.15, 0.2) is 24.3 Å². The van der Waals surface area contributed by atoms with E-state index in [1.54, 1.807) is 24.3 Å². The van der Waals surface area contributed by atoms with Gasteiger partial charge in [0.15, 0.2) is 0 Å². The minimum Gasteiger partial charge on any atom is -0.465 e. The predicted molar refractivity (Wildman–Crippen MR) is 52.0 cm³/mol. The van der Waals surface area contributed by atoms with Crippen LogP contribution in [-0.4, -0.2) is 13.1 Å². The van der Waals surface area contributed by atoms with E-state index in [0.29, 0.717) is 11.1 Å². The smallest absolute Gasteiger partial charge is 0.337 e. The molecule has 0 aliphatic heterocycles. The topological polar surface area (TPSA) is 50.1 Å². The third kappa shape index (κ3) is 2.24. The lowest BCUT2D eigenvalue weighted by molar-refractivity contribution is 0.0600. The largest absolute Gasteiger partial charge is 0.465 e. The van der Waals surface area contributed by atoms with Gasteiger partial charge in [0, 0.05) is 0 Å². The van der Waals surface area contributed by atoms with E-state index in [-0.39, 0.29) is 0 Å². The molecule has 0 amide bonds. The molecule has 0 fully saturated rings. The van der Waals surface area contributed by atoms with Crippen molar-refractivity contribution in [2.45, 2.75) is 5.38 Å². The third-order valence-electron chi connectivity index (χ3n) is 1.71. The summed E-state index contributed by atoms with van der Waals surface area (Å²) in [5.41, 5.74) is 0.989. The van der Waals surface area contributed by atoms with Crippen LogP contribution in [0.5, 0.6) is 0 Å². The molecule has 0 aliphatic rings. The number of methoxy groups -OCH3 is 1. The van der Waals surface area contributed by atoms with Gasteiger partial charge in [-0.3, -0.25) is 0 Å². The Bertz CT molecular complexity index is 384. The van der Waals surface area contributed by atoms with Crippen LogP contribution in [0.2, 0.25) is 0 Å². The van der Waals surface area contributed by atoms with E-state index in [4.69, 9.17) is 16.9 Å². The van der Waals surface area contributed by atoms with Crippen molar-refractivity contribution in [3.63, 3.8) is 0 Å². The summed E-state index contributed by atoms with van der Waals surface area (Å²) >= 11 is 5.70. The number of nitriles is 1. The van der Waals surface area contributed by atoms with Gasteiger partial charge in [0.05, 0.1) is 18.7 Å². The second-order valence-corrected chi connectivity index (χ2v) is 3.05. The van der Waals surface area contributed by atoms with Crippen molar-refractivity contribution >= 4 is 17.6 Å². The molecule has 0 saturated heterocycles. The first kappa shape index (κ1) is 10.6. The van der Waals surface area contributed by atoms with Crippen molar-refractivity contribution < 1.29 is 9.53 Å². The van der Waals surface area contributed by atoms with Crippen LogP contribution in [0.3, 0.4) is 0 Å². The zero-order valence-corrected chi connectivity index (χ0v) is 8.28. The molecular formula is C10H8ClNO2. The maximum Gasteiger partial charge on any atom is 0.337 e. The highest BCUT2D eigenvalue weighted by atomic mass is 35.5. The summed E-state index contributed by atoms with van der Waals surface area (Å²) < 4.78 is 4.54.